The lowest BCUT2D eigenvalue weighted by molar-refractivity contribution is -0.113. The van der Waals surface area contributed by atoms with Crippen molar-refractivity contribution in [3.63, 3.8) is 0 Å². The normalized spacial score (nSPS) is 10.9. The number of anilines is 1. The minimum Gasteiger partial charge on any atom is -0.325 e. The van der Waals surface area contributed by atoms with Crippen molar-refractivity contribution < 1.29 is 4.79 Å². The van der Waals surface area contributed by atoms with Gasteiger partial charge in [0.25, 0.3) is 5.56 Å². The van der Waals surface area contributed by atoms with Gasteiger partial charge in [-0.1, -0.05) is 41.6 Å². The third kappa shape index (κ3) is 4.37. The molecule has 0 radical (unpaired) electrons. The number of para-hydroxylation sites is 1. The van der Waals surface area contributed by atoms with Gasteiger partial charge in [-0.2, -0.15) is 0 Å². The Kier molecular flexibility index (Phi) is 5.83. The number of hydrogen-bond donors (Lipinski definition) is 1. The van der Waals surface area contributed by atoms with Crippen LogP contribution in [0.5, 0.6) is 0 Å². The van der Waals surface area contributed by atoms with Crippen LogP contribution in [0.15, 0.2) is 76.8 Å². The van der Waals surface area contributed by atoms with Gasteiger partial charge in [-0.3, -0.25) is 9.59 Å². The van der Waals surface area contributed by atoms with E-state index < -0.39 is 0 Å². The summed E-state index contributed by atoms with van der Waals surface area (Å²) in [5.41, 5.74) is 1.98. The maximum atomic E-state index is 13.2. The maximum Gasteiger partial charge on any atom is 0.267 e. The van der Waals surface area contributed by atoms with Gasteiger partial charge in [0.1, 0.15) is 5.82 Å². The number of nitrogens with zero attached hydrogens (tertiary/aromatic N) is 3. The number of pyridine rings is 1. The Bertz CT molecular complexity index is 1270. The Morgan fingerprint density at radius 3 is 2.60 bits per heavy atom. The predicted molar refractivity (Wildman–Crippen MR) is 121 cm³/mol. The lowest BCUT2D eigenvalue weighted by Crippen LogP contribution is -2.23. The van der Waals surface area contributed by atoms with E-state index in [1.54, 1.807) is 54.7 Å². The van der Waals surface area contributed by atoms with Crippen molar-refractivity contribution in [3.05, 3.63) is 87.8 Å². The quantitative estimate of drug-likeness (QED) is 0.369. The Morgan fingerprint density at radius 1 is 1.10 bits per heavy atom. The van der Waals surface area contributed by atoms with Gasteiger partial charge in [-0.25, -0.2) is 14.5 Å². The van der Waals surface area contributed by atoms with E-state index in [2.05, 4.69) is 15.3 Å². The molecule has 0 aliphatic carbocycles. The minimum atomic E-state index is -0.224. The number of thioether (sulfide) groups is 1. The Balaban J connectivity index is 1.66. The monoisotopic (exact) mass is 436 g/mol. The van der Waals surface area contributed by atoms with Crippen molar-refractivity contribution in [2.24, 2.45) is 0 Å². The van der Waals surface area contributed by atoms with Gasteiger partial charge >= 0.3 is 0 Å². The highest BCUT2D eigenvalue weighted by molar-refractivity contribution is 7.99. The first-order valence-electron chi connectivity index (χ1n) is 9.14. The van der Waals surface area contributed by atoms with Crippen LogP contribution in [0.3, 0.4) is 0 Å². The molecular formula is C22H17ClN4O2S. The van der Waals surface area contributed by atoms with Crippen LogP contribution in [-0.4, -0.2) is 26.2 Å². The molecule has 0 unspecified atom stereocenters. The van der Waals surface area contributed by atoms with Crippen molar-refractivity contribution in [1.29, 1.82) is 0 Å². The fourth-order valence-electron chi connectivity index (χ4n) is 2.86. The zero-order valence-electron chi connectivity index (χ0n) is 16.0. The molecule has 30 heavy (non-hydrogen) atoms. The number of nitrogens with one attached hydrogen (secondary N) is 1. The molecule has 0 saturated heterocycles. The van der Waals surface area contributed by atoms with E-state index in [9.17, 15) is 9.59 Å². The van der Waals surface area contributed by atoms with Gasteiger partial charge in [-0.15, -0.1) is 0 Å². The highest BCUT2D eigenvalue weighted by Crippen LogP contribution is 2.21. The van der Waals surface area contributed by atoms with Crippen molar-refractivity contribution >= 4 is 45.9 Å². The molecule has 2 aromatic carbocycles. The summed E-state index contributed by atoms with van der Waals surface area (Å²) in [5, 5.41) is 4.30. The van der Waals surface area contributed by atoms with Crippen molar-refractivity contribution in [1.82, 2.24) is 14.5 Å². The highest BCUT2D eigenvalue weighted by atomic mass is 35.5. The molecule has 2 heterocycles. The fraction of sp³-hybridized carbons (Fsp3) is 0.0909. The lowest BCUT2D eigenvalue weighted by atomic mass is 10.2. The molecule has 4 rings (SSSR count). The molecule has 8 heteroatoms. The van der Waals surface area contributed by atoms with E-state index in [0.29, 0.717) is 32.6 Å². The van der Waals surface area contributed by atoms with Gasteiger partial charge < -0.3 is 5.32 Å². The van der Waals surface area contributed by atoms with E-state index in [0.717, 1.165) is 5.56 Å². The van der Waals surface area contributed by atoms with Crippen LogP contribution in [0, 0.1) is 6.92 Å². The van der Waals surface area contributed by atoms with E-state index >= 15 is 0 Å². The molecule has 0 aliphatic rings. The first-order chi connectivity index (χ1) is 14.5. The number of carbonyl (C=O) groups is 1. The number of fused-ring (bicyclic) bond motifs is 1. The second kappa shape index (κ2) is 8.69. The van der Waals surface area contributed by atoms with Crippen LogP contribution in [0.1, 0.15) is 5.56 Å². The molecule has 1 amide bonds. The molecule has 150 valence electrons. The first kappa shape index (κ1) is 20.1. The number of rotatable bonds is 5. The largest absolute Gasteiger partial charge is 0.325 e. The number of halogens is 1. The highest BCUT2D eigenvalue weighted by Gasteiger charge is 2.15. The average molecular weight is 437 g/mol. The van der Waals surface area contributed by atoms with Crippen LogP contribution < -0.4 is 10.9 Å². The van der Waals surface area contributed by atoms with Gasteiger partial charge in [0.2, 0.25) is 5.91 Å². The van der Waals surface area contributed by atoms with E-state index in [4.69, 9.17) is 11.6 Å². The van der Waals surface area contributed by atoms with E-state index in [1.165, 1.54) is 16.3 Å². The van der Waals surface area contributed by atoms with E-state index in [-0.39, 0.29) is 17.2 Å². The molecule has 0 fully saturated rings. The molecule has 4 aromatic rings. The zero-order valence-corrected chi connectivity index (χ0v) is 17.6. The van der Waals surface area contributed by atoms with Gasteiger partial charge in [0.15, 0.2) is 5.16 Å². The molecular weight excluding hydrogens is 420 g/mol. The van der Waals surface area contributed by atoms with Crippen LogP contribution in [0.4, 0.5) is 5.69 Å². The van der Waals surface area contributed by atoms with Gasteiger partial charge in [0.05, 0.1) is 16.7 Å². The van der Waals surface area contributed by atoms with Crippen LogP contribution >= 0.6 is 23.4 Å². The summed E-state index contributed by atoms with van der Waals surface area (Å²) in [6.07, 6.45) is 1.69. The summed E-state index contributed by atoms with van der Waals surface area (Å²) in [7, 11) is 0. The molecule has 2 aromatic heterocycles. The lowest BCUT2D eigenvalue weighted by Gasteiger charge is -2.12. The first-order valence-corrected chi connectivity index (χ1v) is 10.5. The predicted octanol–water partition coefficient (Wildman–Crippen LogP) is 4.47. The number of aromatic nitrogens is 3. The summed E-state index contributed by atoms with van der Waals surface area (Å²) < 4.78 is 1.45. The third-order valence-corrected chi connectivity index (χ3v) is 5.52. The zero-order chi connectivity index (χ0) is 21.1. The van der Waals surface area contributed by atoms with E-state index in [1.807, 2.05) is 19.1 Å². The molecule has 6 nitrogen and oxygen atoms in total. The molecule has 0 aliphatic heterocycles. The maximum absolute atomic E-state index is 13.2. The molecule has 0 atom stereocenters. The van der Waals surface area contributed by atoms with Crippen molar-refractivity contribution in [2.75, 3.05) is 11.1 Å². The van der Waals surface area contributed by atoms with Gasteiger partial charge in [-0.05, 0) is 55.0 Å². The Labute approximate surface area is 181 Å². The summed E-state index contributed by atoms with van der Waals surface area (Å²) in [6.45, 7) is 1.93. The SMILES string of the molecule is Cc1ccc(-n2c(SCC(=O)Nc3ccc(Cl)cc3)nc3ccccc3c2=O)nc1. The number of hydrogen-bond acceptors (Lipinski definition) is 5. The molecule has 0 spiro atoms. The number of carbonyl (C=O) groups excluding carboxylic acids is 1. The third-order valence-electron chi connectivity index (χ3n) is 4.33. The molecule has 0 bridgehead atoms. The standard InChI is InChI=1S/C22H17ClN4O2S/c1-14-6-11-19(24-12-14)27-21(29)17-4-2-3-5-18(17)26-22(27)30-13-20(28)25-16-9-7-15(23)8-10-16/h2-12H,13H2,1H3,(H,25,28). The topological polar surface area (TPSA) is 76.9 Å². The fourth-order valence-corrected chi connectivity index (χ4v) is 3.79. The summed E-state index contributed by atoms with van der Waals surface area (Å²) in [5.74, 6) is 0.330. The number of amides is 1. The number of aryl methyl sites for hydroxylation is 1. The molecule has 1 N–H and O–H groups in total. The molecule has 0 saturated carbocycles. The second-order valence-corrected chi connectivity index (χ2v) is 7.97. The summed E-state index contributed by atoms with van der Waals surface area (Å²) in [6, 6.07) is 17.6. The Morgan fingerprint density at radius 2 is 1.87 bits per heavy atom. The number of benzene rings is 2. The smallest absolute Gasteiger partial charge is 0.267 e. The van der Waals surface area contributed by atoms with Crippen LogP contribution in [0.2, 0.25) is 5.02 Å². The van der Waals surface area contributed by atoms with Crippen LogP contribution in [-0.2, 0) is 4.79 Å². The summed E-state index contributed by atoms with van der Waals surface area (Å²) >= 11 is 7.05. The summed E-state index contributed by atoms with van der Waals surface area (Å²) in [4.78, 5) is 34.6. The second-order valence-electron chi connectivity index (χ2n) is 6.59. The van der Waals surface area contributed by atoms with Crippen molar-refractivity contribution in [3.8, 4) is 5.82 Å². The van der Waals surface area contributed by atoms with Gasteiger partial charge in [0, 0.05) is 16.9 Å². The Hall–Kier alpha value is -3.16. The minimum absolute atomic E-state index is 0.0826. The van der Waals surface area contributed by atoms with Crippen molar-refractivity contribution in [2.45, 2.75) is 12.1 Å². The van der Waals surface area contributed by atoms with Crippen LogP contribution in [0.25, 0.3) is 16.7 Å². The average Bonchev–Trinajstić information content (AvgIpc) is 2.75.